The molecule has 1 amide bonds. The molecule has 124 valence electrons. The second-order valence-corrected chi connectivity index (χ2v) is 5.76. The number of rotatable bonds is 8. The van der Waals surface area contributed by atoms with Crippen molar-refractivity contribution in [1.82, 2.24) is 14.7 Å². The van der Waals surface area contributed by atoms with Crippen molar-refractivity contribution in [2.24, 2.45) is 0 Å². The highest BCUT2D eigenvalue weighted by Gasteiger charge is 2.32. The summed E-state index contributed by atoms with van der Waals surface area (Å²) >= 11 is 0. The molecule has 0 bridgehead atoms. The van der Waals surface area contributed by atoms with Gasteiger partial charge in [0, 0.05) is 31.9 Å². The number of anilines is 1. The highest BCUT2D eigenvalue weighted by atomic mass is 16.5. The Hall–Kier alpha value is -1.56. The van der Waals surface area contributed by atoms with Gasteiger partial charge >= 0.3 is 0 Å². The summed E-state index contributed by atoms with van der Waals surface area (Å²) in [7, 11) is 0. The summed E-state index contributed by atoms with van der Waals surface area (Å²) in [6.45, 7) is 9.06. The number of nitrogens with zero attached hydrogens (tertiary/aromatic N) is 3. The predicted molar refractivity (Wildman–Crippen MR) is 86.8 cm³/mol. The number of hydrogen-bond donors (Lipinski definition) is 1. The number of nitrogens with one attached hydrogen (secondary N) is 1. The summed E-state index contributed by atoms with van der Waals surface area (Å²) in [5.74, 6) is 0.203. The van der Waals surface area contributed by atoms with E-state index in [-0.39, 0.29) is 18.0 Å². The van der Waals surface area contributed by atoms with Gasteiger partial charge in [0.1, 0.15) is 0 Å². The number of ether oxygens (including phenoxy) is 1. The molecule has 1 aromatic rings. The zero-order valence-corrected chi connectivity index (χ0v) is 13.9. The van der Waals surface area contributed by atoms with E-state index < -0.39 is 0 Å². The summed E-state index contributed by atoms with van der Waals surface area (Å²) in [5.41, 5.74) is 1.02. The maximum Gasteiger partial charge on any atom is 0.225 e. The van der Waals surface area contributed by atoms with Gasteiger partial charge < -0.3 is 15.0 Å². The van der Waals surface area contributed by atoms with E-state index in [1.807, 2.05) is 28.9 Å². The Bertz CT molecular complexity index is 474. The van der Waals surface area contributed by atoms with Crippen LogP contribution in [0, 0.1) is 0 Å². The van der Waals surface area contributed by atoms with E-state index in [0.29, 0.717) is 19.6 Å². The first-order chi connectivity index (χ1) is 10.7. The second-order valence-electron chi connectivity index (χ2n) is 5.76. The number of likely N-dealkylation sites (tertiary alicyclic amines) is 1. The monoisotopic (exact) mass is 308 g/mol. The molecule has 1 aliphatic heterocycles. The fraction of sp³-hybridized carbons (Fsp3) is 0.750. The fourth-order valence-corrected chi connectivity index (χ4v) is 3.04. The van der Waals surface area contributed by atoms with Gasteiger partial charge in [-0.2, -0.15) is 5.10 Å². The number of aromatic nitrogens is 2. The minimum Gasteiger partial charge on any atom is -0.381 e. The summed E-state index contributed by atoms with van der Waals surface area (Å²) < 4.78 is 7.19. The molecule has 1 unspecified atom stereocenters. The number of aryl methyl sites for hydroxylation is 1. The van der Waals surface area contributed by atoms with Crippen LogP contribution in [-0.4, -0.2) is 52.4 Å². The Morgan fingerprint density at radius 3 is 3.05 bits per heavy atom. The van der Waals surface area contributed by atoms with Crippen molar-refractivity contribution in [2.45, 2.75) is 58.7 Å². The van der Waals surface area contributed by atoms with Crippen LogP contribution in [0.15, 0.2) is 12.4 Å². The maximum absolute atomic E-state index is 12.3. The number of carbonyl (C=O) groups is 1. The summed E-state index contributed by atoms with van der Waals surface area (Å²) in [4.78, 5) is 14.4. The first-order valence-electron chi connectivity index (χ1n) is 8.31. The van der Waals surface area contributed by atoms with E-state index in [2.05, 4.69) is 24.3 Å². The number of hydrogen-bond acceptors (Lipinski definition) is 4. The normalized spacial score (nSPS) is 19.4. The number of carbonyl (C=O) groups excluding carboxylic acids is 1. The highest BCUT2D eigenvalue weighted by molar-refractivity contribution is 5.77. The van der Waals surface area contributed by atoms with E-state index in [4.69, 9.17) is 4.74 Å². The molecule has 6 nitrogen and oxygen atoms in total. The molecule has 0 aromatic carbocycles. The van der Waals surface area contributed by atoms with Crippen molar-refractivity contribution in [2.75, 3.05) is 25.1 Å². The molecule has 2 rings (SSSR count). The van der Waals surface area contributed by atoms with E-state index >= 15 is 0 Å². The Labute approximate surface area is 132 Å². The average molecular weight is 308 g/mol. The Balaban J connectivity index is 1.89. The van der Waals surface area contributed by atoms with Crippen molar-refractivity contribution in [1.29, 1.82) is 0 Å². The quantitative estimate of drug-likeness (QED) is 0.747. The lowest BCUT2D eigenvalue weighted by molar-refractivity contribution is -0.133. The van der Waals surface area contributed by atoms with Gasteiger partial charge in [0.15, 0.2) is 0 Å². The molecule has 22 heavy (non-hydrogen) atoms. The molecule has 0 spiro atoms. The number of amides is 1. The molecule has 6 heteroatoms. The van der Waals surface area contributed by atoms with Crippen LogP contribution < -0.4 is 5.32 Å². The van der Waals surface area contributed by atoms with Crippen molar-refractivity contribution in [3.63, 3.8) is 0 Å². The van der Waals surface area contributed by atoms with Crippen molar-refractivity contribution in [3.05, 3.63) is 12.4 Å². The van der Waals surface area contributed by atoms with Crippen LogP contribution in [0.2, 0.25) is 0 Å². The second kappa shape index (κ2) is 8.17. The summed E-state index contributed by atoms with van der Waals surface area (Å²) in [5, 5.41) is 7.76. The maximum atomic E-state index is 12.3. The molecular weight excluding hydrogens is 280 g/mol. The topological polar surface area (TPSA) is 59.4 Å². The van der Waals surface area contributed by atoms with Crippen molar-refractivity contribution < 1.29 is 9.53 Å². The van der Waals surface area contributed by atoms with Gasteiger partial charge in [0.05, 0.1) is 31.0 Å². The van der Waals surface area contributed by atoms with E-state index in [0.717, 1.165) is 31.6 Å². The zero-order chi connectivity index (χ0) is 15.9. The molecular formula is C16H28N4O2. The van der Waals surface area contributed by atoms with Gasteiger partial charge in [0.25, 0.3) is 0 Å². The van der Waals surface area contributed by atoms with Gasteiger partial charge in [-0.05, 0) is 33.6 Å². The van der Waals surface area contributed by atoms with E-state index in [9.17, 15) is 4.79 Å². The van der Waals surface area contributed by atoms with Crippen LogP contribution >= 0.6 is 0 Å². The van der Waals surface area contributed by atoms with Crippen LogP contribution in [0.1, 0.15) is 40.0 Å². The molecule has 0 aliphatic carbocycles. The fourth-order valence-electron chi connectivity index (χ4n) is 3.04. The van der Waals surface area contributed by atoms with Crippen molar-refractivity contribution >= 4 is 11.6 Å². The van der Waals surface area contributed by atoms with Crippen LogP contribution in [0.5, 0.6) is 0 Å². The molecule has 0 radical (unpaired) electrons. The predicted octanol–water partition coefficient (Wildman–Crippen LogP) is 2.12. The van der Waals surface area contributed by atoms with Crippen LogP contribution in [0.4, 0.5) is 5.69 Å². The average Bonchev–Trinajstić information content (AvgIpc) is 3.16. The molecule has 2 heterocycles. The first-order valence-corrected chi connectivity index (χ1v) is 8.31. The molecule has 2 atom stereocenters. The lowest BCUT2D eigenvalue weighted by Gasteiger charge is -2.30. The molecule has 1 saturated heterocycles. The van der Waals surface area contributed by atoms with Crippen LogP contribution in [0.3, 0.4) is 0 Å². The molecule has 1 N–H and O–H groups in total. The largest absolute Gasteiger partial charge is 0.381 e. The third-order valence-corrected chi connectivity index (χ3v) is 4.21. The van der Waals surface area contributed by atoms with Crippen LogP contribution in [-0.2, 0) is 16.1 Å². The smallest absolute Gasteiger partial charge is 0.225 e. The lowest BCUT2D eigenvalue weighted by Crippen LogP contribution is -2.44. The summed E-state index contributed by atoms with van der Waals surface area (Å²) in [6.07, 6.45) is 6.45. The van der Waals surface area contributed by atoms with Gasteiger partial charge in [-0.3, -0.25) is 9.48 Å². The summed E-state index contributed by atoms with van der Waals surface area (Å²) in [6, 6.07) is 0.465. The molecule has 0 saturated carbocycles. The van der Waals surface area contributed by atoms with E-state index in [1.54, 1.807) is 0 Å². The SMILES string of the molecule is CCOCCC(=O)N1CCC[C@H]1C(C)Nc1cnn(CC)c1. The zero-order valence-electron chi connectivity index (χ0n) is 13.9. The first kappa shape index (κ1) is 16.8. The molecule has 1 aromatic heterocycles. The van der Waals surface area contributed by atoms with Gasteiger partial charge in [-0.15, -0.1) is 0 Å². The van der Waals surface area contributed by atoms with E-state index in [1.165, 1.54) is 0 Å². The molecule has 1 fully saturated rings. The molecule has 1 aliphatic rings. The Morgan fingerprint density at radius 1 is 1.55 bits per heavy atom. The Kier molecular flexibility index (Phi) is 6.24. The van der Waals surface area contributed by atoms with Gasteiger partial charge in [0.2, 0.25) is 5.91 Å². The standard InChI is InChI=1S/C16H28N4O2/c1-4-19-12-14(11-17-19)18-13(3)15-7-6-9-20(15)16(21)8-10-22-5-2/h11-13,15,18H,4-10H2,1-3H3/t13?,15-/m0/s1. The van der Waals surface area contributed by atoms with Crippen LogP contribution in [0.25, 0.3) is 0 Å². The van der Waals surface area contributed by atoms with Crippen molar-refractivity contribution in [3.8, 4) is 0 Å². The third-order valence-electron chi connectivity index (χ3n) is 4.21. The van der Waals surface area contributed by atoms with Gasteiger partial charge in [-0.25, -0.2) is 0 Å². The minimum absolute atomic E-state index is 0.203. The lowest BCUT2D eigenvalue weighted by atomic mass is 10.1. The Morgan fingerprint density at radius 2 is 2.36 bits per heavy atom. The highest BCUT2D eigenvalue weighted by Crippen LogP contribution is 2.23. The van der Waals surface area contributed by atoms with Gasteiger partial charge in [-0.1, -0.05) is 0 Å². The minimum atomic E-state index is 0.203. The third kappa shape index (κ3) is 4.22.